The Labute approximate surface area is 168 Å². The Hall–Kier alpha value is -0.110. The molecule has 136 valence electrons. The van der Waals surface area contributed by atoms with Gasteiger partial charge in [-0.05, 0) is 12.5 Å². The second kappa shape index (κ2) is 8.06. The number of nitrogens with one attached hydrogen (secondary N) is 1. The number of hydrogen-bond donors (Lipinski definition) is 1. The van der Waals surface area contributed by atoms with Crippen LogP contribution in [0.4, 0.5) is 0 Å². The van der Waals surface area contributed by atoms with Gasteiger partial charge in [0.1, 0.15) is 12.6 Å². The van der Waals surface area contributed by atoms with Crippen molar-refractivity contribution < 1.29 is 19.1 Å². The summed E-state index contributed by atoms with van der Waals surface area (Å²) in [5, 5.41) is 2.25. The lowest BCUT2D eigenvalue weighted by Gasteiger charge is -2.43. The molecule has 0 aromatic heterocycles. The highest BCUT2D eigenvalue weighted by Crippen LogP contribution is 2.29. The van der Waals surface area contributed by atoms with Gasteiger partial charge < -0.3 is 15.0 Å². The van der Waals surface area contributed by atoms with E-state index in [9.17, 15) is 14.4 Å². The quantitative estimate of drug-likeness (QED) is 0.296. The Balaban J connectivity index is 2.70. The van der Waals surface area contributed by atoms with Crippen molar-refractivity contribution in [2.45, 2.75) is 26.6 Å². The first-order valence-corrected chi connectivity index (χ1v) is 8.57. The van der Waals surface area contributed by atoms with Gasteiger partial charge in [0.05, 0.1) is 6.54 Å². The average molecular weight is 461 g/mol. The van der Waals surface area contributed by atoms with Crippen molar-refractivity contribution in [2.75, 3.05) is 13.2 Å². The summed E-state index contributed by atoms with van der Waals surface area (Å²) in [6.45, 7) is 4.68. The Morgan fingerprint density at radius 2 is 1.88 bits per heavy atom. The summed E-state index contributed by atoms with van der Waals surface area (Å²) >= 11 is 32.7. The third kappa shape index (κ3) is 6.00. The third-order valence-electron chi connectivity index (χ3n) is 2.90. The van der Waals surface area contributed by atoms with Crippen LogP contribution in [-0.4, -0.2) is 55.5 Å². The molecule has 0 aliphatic carbocycles. The molecular weight excluding hydrogens is 449 g/mol. The molecule has 1 N–H and O–H groups in total. The van der Waals surface area contributed by atoms with Crippen LogP contribution in [0.15, 0.2) is 12.2 Å². The lowest BCUT2D eigenvalue weighted by molar-refractivity contribution is -0.161. The number of hydrogen-bond acceptors (Lipinski definition) is 4. The zero-order valence-corrected chi connectivity index (χ0v) is 16.7. The van der Waals surface area contributed by atoms with Crippen LogP contribution in [0.2, 0.25) is 0 Å². The van der Waals surface area contributed by atoms with Crippen molar-refractivity contribution in [1.29, 1.82) is 0 Å². The van der Waals surface area contributed by atoms with Crippen molar-refractivity contribution in [3.05, 3.63) is 12.2 Å². The van der Waals surface area contributed by atoms with E-state index in [0.29, 0.717) is 5.57 Å². The van der Waals surface area contributed by atoms with E-state index in [2.05, 4.69) is 11.9 Å². The molecule has 1 saturated heterocycles. The van der Waals surface area contributed by atoms with Crippen LogP contribution in [0, 0.1) is 0 Å². The normalized spacial score (nSPS) is 19.4. The van der Waals surface area contributed by atoms with Gasteiger partial charge in [0.2, 0.25) is 9.70 Å². The molecule has 1 fully saturated rings. The fraction of sp³-hybridized carbons (Fsp3) is 0.583. The Morgan fingerprint density at radius 1 is 1.33 bits per heavy atom. The first-order chi connectivity index (χ1) is 10.7. The van der Waals surface area contributed by atoms with Crippen molar-refractivity contribution in [2.24, 2.45) is 0 Å². The van der Waals surface area contributed by atoms with Gasteiger partial charge in [-0.15, -0.1) is 0 Å². The van der Waals surface area contributed by atoms with Crippen molar-refractivity contribution in [3.8, 4) is 0 Å². The number of amides is 2. The summed E-state index contributed by atoms with van der Waals surface area (Å²) in [6, 6.07) is -2.00. The van der Waals surface area contributed by atoms with Crippen molar-refractivity contribution in [1.82, 2.24) is 10.2 Å². The van der Waals surface area contributed by atoms with Gasteiger partial charge in [-0.25, -0.2) is 4.79 Å². The monoisotopic (exact) mass is 458 g/mol. The van der Waals surface area contributed by atoms with E-state index in [1.165, 1.54) is 6.92 Å². The number of alkyl halides is 6. The maximum absolute atomic E-state index is 12.1. The van der Waals surface area contributed by atoms with E-state index in [1.807, 2.05) is 0 Å². The summed E-state index contributed by atoms with van der Waals surface area (Å²) in [4.78, 5) is 36.9. The van der Waals surface area contributed by atoms with Crippen LogP contribution in [0.1, 0.15) is 6.92 Å². The predicted octanol–water partition coefficient (Wildman–Crippen LogP) is 2.54. The molecule has 1 aliphatic heterocycles. The largest absolute Gasteiger partial charge is 0.459 e. The number of carbonyl (C=O) groups excluding carboxylic acids is 3. The lowest BCUT2D eigenvalue weighted by atomic mass is 10.00. The summed E-state index contributed by atoms with van der Waals surface area (Å²) < 4.78 is 0.886. The number of likely N-dealkylation sites (tertiary alicyclic amines) is 1. The van der Waals surface area contributed by atoms with Crippen LogP contribution in [0.25, 0.3) is 0 Å². The Kier molecular flexibility index (Phi) is 7.37. The molecule has 12 heteroatoms. The molecule has 0 aromatic rings. The van der Waals surface area contributed by atoms with E-state index in [1.54, 1.807) is 0 Å². The zero-order valence-electron chi connectivity index (χ0n) is 12.1. The molecule has 2 amide bonds. The average Bonchev–Trinajstić information content (AvgIpc) is 2.40. The summed E-state index contributed by atoms with van der Waals surface area (Å²) in [7, 11) is 0. The maximum atomic E-state index is 12.1. The number of carbonyl (C=O) groups is 3. The predicted molar refractivity (Wildman–Crippen MR) is 93.8 cm³/mol. The van der Waals surface area contributed by atoms with Gasteiger partial charge in [-0.2, -0.15) is 0 Å². The van der Waals surface area contributed by atoms with E-state index in [0.717, 1.165) is 4.90 Å². The number of rotatable bonds is 5. The Morgan fingerprint density at radius 3 is 2.25 bits per heavy atom. The van der Waals surface area contributed by atoms with Crippen LogP contribution in [-0.2, 0) is 19.1 Å². The van der Waals surface area contributed by atoms with Gasteiger partial charge >= 0.3 is 5.97 Å². The van der Waals surface area contributed by atoms with Gasteiger partial charge in [-0.1, -0.05) is 76.2 Å². The standard InChI is InChI=1S/C12H12Cl6N2O4/c1-5(2)7(9(22)24-4-11(13,14)15)20-3-6(8(20)21)19-10(23)12(16,17)18/h6-7H,1,3-4H2,2H3,(H,19,23). The van der Waals surface area contributed by atoms with E-state index in [4.69, 9.17) is 74.3 Å². The molecule has 0 saturated carbocycles. The molecule has 0 spiro atoms. The van der Waals surface area contributed by atoms with Gasteiger partial charge in [-0.3, -0.25) is 9.59 Å². The van der Waals surface area contributed by atoms with Gasteiger partial charge in [0.15, 0.2) is 6.04 Å². The van der Waals surface area contributed by atoms with E-state index < -0.39 is 44.1 Å². The highest BCUT2D eigenvalue weighted by molar-refractivity contribution is 6.76. The molecular formula is C12H12Cl6N2O4. The number of halogens is 6. The van der Waals surface area contributed by atoms with Gasteiger partial charge in [0, 0.05) is 0 Å². The molecule has 1 aliphatic rings. The second-order valence-corrected chi connectivity index (χ2v) is 9.78. The van der Waals surface area contributed by atoms with Crippen LogP contribution in [0.3, 0.4) is 0 Å². The van der Waals surface area contributed by atoms with Crippen LogP contribution >= 0.6 is 69.6 Å². The van der Waals surface area contributed by atoms with E-state index in [-0.39, 0.29) is 6.54 Å². The minimum atomic E-state index is -2.20. The molecule has 2 unspecified atom stereocenters. The summed E-state index contributed by atoms with van der Waals surface area (Å²) in [5.41, 5.74) is 0.337. The fourth-order valence-corrected chi connectivity index (χ4v) is 2.19. The Bertz CT molecular complexity index is 557. The number of nitrogens with zero attached hydrogens (tertiary/aromatic N) is 1. The number of β-lactam (4-membered cyclic amide) rings is 1. The molecule has 24 heavy (non-hydrogen) atoms. The molecule has 1 rings (SSSR count). The number of ether oxygens (including phenoxy) is 1. The number of esters is 1. The lowest BCUT2D eigenvalue weighted by Crippen LogP contribution is -2.68. The molecule has 0 aromatic carbocycles. The van der Waals surface area contributed by atoms with E-state index >= 15 is 0 Å². The zero-order chi connectivity index (χ0) is 18.9. The molecule has 0 bridgehead atoms. The molecule has 6 nitrogen and oxygen atoms in total. The maximum Gasteiger partial charge on any atom is 0.333 e. The first kappa shape index (κ1) is 21.9. The molecule has 1 heterocycles. The smallest absolute Gasteiger partial charge is 0.333 e. The fourth-order valence-electron chi connectivity index (χ4n) is 1.86. The summed E-state index contributed by atoms with van der Waals surface area (Å²) in [5.74, 6) is -2.32. The third-order valence-corrected chi connectivity index (χ3v) is 3.75. The first-order valence-electron chi connectivity index (χ1n) is 6.31. The summed E-state index contributed by atoms with van der Waals surface area (Å²) in [6.07, 6.45) is 0. The topological polar surface area (TPSA) is 75.7 Å². The SMILES string of the molecule is C=C(C)C(C(=O)OCC(Cl)(Cl)Cl)N1CC(NC(=O)C(Cl)(Cl)Cl)C1=O. The van der Waals surface area contributed by atoms with Crippen LogP contribution < -0.4 is 5.32 Å². The molecule has 2 atom stereocenters. The molecule has 0 radical (unpaired) electrons. The minimum Gasteiger partial charge on any atom is -0.459 e. The van der Waals surface area contributed by atoms with Crippen molar-refractivity contribution in [3.63, 3.8) is 0 Å². The second-order valence-electron chi connectivity index (χ2n) is 4.99. The van der Waals surface area contributed by atoms with Gasteiger partial charge in [0.25, 0.3) is 9.70 Å². The minimum absolute atomic E-state index is 0.00567. The highest BCUT2D eigenvalue weighted by atomic mass is 35.6. The van der Waals surface area contributed by atoms with Crippen LogP contribution in [0.5, 0.6) is 0 Å². The highest BCUT2D eigenvalue weighted by Gasteiger charge is 2.47. The van der Waals surface area contributed by atoms with Crippen molar-refractivity contribution >= 4 is 87.4 Å².